The van der Waals surface area contributed by atoms with Gasteiger partial charge < -0.3 is 9.97 Å². The van der Waals surface area contributed by atoms with Gasteiger partial charge in [-0.15, -0.1) is 73.9 Å². The Kier molecular flexibility index (Phi) is 7.82. The van der Waals surface area contributed by atoms with Gasteiger partial charge in [-0.05, 0) is 115 Å². The molecule has 0 saturated heterocycles. The molecule has 7 aromatic rings. The van der Waals surface area contributed by atoms with Crippen LogP contribution < -0.4 is 42.4 Å². The lowest BCUT2D eigenvalue weighted by Crippen LogP contribution is -2.10. The Balaban J connectivity index is 1.52. The fourth-order valence-corrected chi connectivity index (χ4v) is 8.77. The van der Waals surface area contributed by atoms with Gasteiger partial charge in [0, 0.05) is 65.9 Å². The number of H-pyrrole nitrogens is 2. The molecule has 0 amide bonds. The Morgan fingerprint density at radius 1 is 0.292 bits per heavy atom. The van der Waals surface area contributed by atoms with Gasteiger partial charge in [-0.1, -0.05) is 0 Å². The Hall–Kier alpha value is -2.04. The summed E-state index contributed by atoms with van der Waals surface area (Å²) in [5.41, 5.74) is 12.2. The van der Waals surface area contributed by atoms with E-state index in [4.69, 9.17) is 9.97 Å². The van der Waals surface area contributed by atoms with Crippen molar-refractivity contribution in [2.24, 2.45) is 0 Å². The van der Waals surface area contributed by atoms with Gasteiger partial charge >= 0.3 is 0 Å². The van der Waals surface area contributed by atoms with Crippen molar-refractivity contribution in [2.75, 3.05) is 0 Å². The van der Waals surface area contributed by atoms with Gasteiger partial charge in [0.1, 0.15) is 0 Å². The third-order valence-corrected chi connectivity index (χ3v) is 14.6. The van der Waals surface area contributed by atoms with Crippen molar-refractivity contribution in [2.45, 2.75) is 0 Å². The minimum Gasteiger partial charge on any atom is -0.354 e. The van der Waals surface area contributed by atoms with Gasteiger partial charge in [-0.2, -0.15) is 0 Å². The Bertz CT molecular complexity index is 2410. The first kappa shape index (κ1) is 31.9. The average molecular weight is 766 g/mol. The second-order valence-corrected chi connectivity index (χ2v) is 17.3. The van der Waals surface area contributed by atoms with Crippen molar-refractivity contribution in [1.29, 1.82) is 0 Å². The number of aromatic nitrogens is 4. The topological polar surface area (TPSA) is 57.4 Å². The van der Waals surface area contributed by atoms with E-state index in [1.807, 2.05) is 0 Å². The SMILES string of the molecule is Pc1cc2c(cc1P)-c1cc3[nH]c(cc4nc(cc5[nH]c(cc-2n1)c1cc(P)c(P)cc51)-c1cc(P)c(P)cc1-4)c1cc(P)c(P)cc31. The zero-order valence-corrected chi connectivity index (χ0v) is 34.7. The Morgan fingerprint density at radius 2 is 0.500 bits per heavy atom. The van der Waals surface area contributed by atoms with Crippen molar-refractivity contribution >= 4 is 160 Å². The van der Waals surface area contributed by atoms with Crippen LogP contribution in [0.4, 0.5) is 0 Å². The van der Waals surface area contributed by atoms with Crippen LogP contribution in [0.25, 0.3) is 88.6 Å². The third kappa shape index (κ3) is 5.11. The number of benzene rings is 4. The van der Waals surface area contributed by atoms with Crippen LogP contribution in [-0.4, -0.2) is 19.9 Å². The molecule has 4 nitrogen and oxygen atoms in total. The molecule has 2 aliphatic rings. The van der Waals surface area contributed by atoms with E-state index in [2.05, 4.69) is 157 Å². The summed E-state index contributed by atoms with van der Waals surface area (Å²) in [7, 11) is 23.0. The van der Waals surface area contributed by atoms with Gasteiger partial charge in [0.25, 0.3) is 0 Å². The summed E-state index contributed by atoms with van der Waals surface area (Å²) in [6.45, 7) is 0. The van der Waals surface area contributed by atoms with Crippen molar-refractivity contribution in [3.8, 4) is 45.0 Å². The maximum absolute atomic E-state index is 5.31. The number of aromatic amines is 2. The van der Waals surface area contributed by atoms with E-state index in [1.165, 1.54) is 0 Å². The summed E-state index contributed by atoms with van der Waals surface area (Å²) >= 11 is 0. The molecule has 8 atom stereocenters. The van der Waals surface area contributed by atoms with Crippen molar-refractivity contribution in [3.05, 3.63) is 72.8 Å². The Labute approximate surface area is 296 Å². The molecule has 0 aliphatic carbocycles. The molecule has 12 heteroatoms. The first-order valence-electron chi connectivity index (χ1n) is 15.1. The van der Waals surface area contributed by atoms with Crippen LogP contribution in [0, 0.1) is 0 Å². The molecule has 5 heterocycles. The number of hydrogen-bond donors (Lipinski definition) is 2. The number of nitrogens with zero attached hydrogens (tertiary/aromatic N) is 2. The second kappa shape index (κ2) is 11.8. The Morgan fingerprint density at radius 3 is 0.729 bits per heavy atom. The largest absolute Gasteiger partial charge is 0.354 e. The second-order valence-electron chi connectivity index (χ2n) is 12.4. The van der Waals surface area contributed by atoms with E-state index in [0.717, 1.165) is 131 Å². The lowest BCUT2D eigenvalue weighted by molar-refractivity contribution is 1.40. The highest BCUT2D eigenvalue weighted by molar-refractivity contribution is 7.37. The molecule has 0 saturated carbocycles. The average Bonchev–Trinajstić information content (AvgIpc) is 3.74. The number of nitrogens with one attached hydrogen (secondary N) is 2. The van der Waals surface area contributed by atoms with E-state index in [-0.39, 0.29) is 0 Å². The molecule has 8 bridgehead atoms. The van der Waals surface area contributed by atoms with Gasteiger partial charge in [-0.25, -0.2) is 9.97 Å². The normalized spacial score (nSPS) is 12.2. The van der Waals surface area contributed by atoms with Crippen molar-refractivity contribution in [3.63, 3.8) is 0 Å². The highest BCUT2D eigenvalue weighted by Crippen LogP contribution is 2.40. The molecular formula is C36H30N4P8. The molecule has 2 N–H and O–H groups in total. The molecule has 4 aromatic carbocycles. The monoisotopic (exact) mass is 766 g/mol. The van der Waals surface area contributed by atoms with E-state index in [1.54, 1.807) is 0 Å². The summed E-state index contributed by atoms with van der Waals surface area (Å²) in [4.78, 5) is 18.2. The number of hydrogen-bond acceptors (Lipinski definition) is 2. The fourth-order valence-electron chi connectivity index (χ4n) is 6.77. The van der Waals surface area contributed by atoms with Gasteiger partial charge in [0.2, 0.25) is 0 Å². The van der Waals surface area contributed by atoms with Gasteiger partial charge in [-0.3, -0.25) is 0 Å². The molecule has 3 aromatic heterocycles. The predicted molar refractivity (Wildman–Crippen MR) is 240 cm³/mol. The van der Waals surface area contributed by atoms with Crippen LogP contribution in [0.15, 0.2) is 72.8 Å². The van der Waals surface area contributed by atoms with Gasteiger partial charge in [0.15, 0.2) is 0 Å². The van der Waals surface area contributed by atoms with Crippen LogP contribution in [0.3, 0.4) is 0 Å². The van der Waals surface area contributed by atoms with E-state index < -0.39 is 0 Å². The number of fused-ring (bicyclic) bond motifs is 20. The maximum Gasteiger partial charge on any atom is 0.0737 e. The molecule has 0 radical (unpaired) electrons. The lowest BCUT2D eigenvalue weighted by Gasteiger charge is -2.05. The maximum atomic E-state index is 5.31. The summed E-state index contributed by atoms with van der Waals surface area (Å²) < 4.78 is 0. The molecule has 48 heavy (non-hydrogen) atoms. The molecule has 2 aliphatic heterocycles. The fraction of sp³-hybridized carbons (Fsp3) is 0. The third-order valence-electron chi connectivity index (χ3n) is 9.30. The molecule has 8 unspecified atom stereocenters. The quantitative estimate of drug-likeness (QED) is 0.206. The minimum absolute atomic E-state index is 0.924. The summed E-state index contributed by atoms with van der Waals surface area (Å²) in [5.74, 6) is 0. The van der Waals surface area contributed by atoms with Crippen molar-refractivity contribution < 1.29 is 0 Å². The molecular weight excluding hydrogens is 736 g/mol. The summed E-state index contributed by atoms with van der Waals surface area (Å²) in [5, 5.41) is 13.6. The minimum atomic E-state index is 0.924. The van der Waals surface area contributed by atoms with E-state index in [0.29, 0.717) is 0 Å². The number of rotatable bonds is 0. The van der Waals surface area contributed by atoms with Crippen LogP contribution in [-0.2, 0) is 0 Å². The lowest BCUT2D eigenvalue weighted by atomic mass is 10.0. The zero-order valence-electron chi connectivity index (χ0n) is 25.4. The molecule has 234 valence electrons. The molecule has 0 fully saturated rings. The van der Waals surface area contributed by atoms with Crippen LogP contribution in [0.2, 0.25) is 0 Å². The highest BCUT2D eigenvalue weighted by Gasteiger charge is 2.21. The summed E-state index contributed by atoms with van der Waals surface area (Å²) in [6.07, 6.45) is 0. The standard InChI is InChI=1S/C36H30N4P8/c41-29-1-13-14(2-30(29)42)22-10-24-17-5-33(45)34(46)6-18(17)26(39-24)12-28-20-8-36(48)35(47)7-19(20)27(40-28)11-25-16-4-32(44)31(43)3-15(16)23(38-25)9-21(13)37-22/h1-12,37,40H,41-48H2. The first-order chi connectivity index (χ1) is 23.0. The van der Waals surface area contributed by atoms with Crippen LogP contribution in [0.5, 0.6) is 0 Å². The van der Waals surface area contributed by atoms with E-state index in [9.17, 15) is 0 Å². The molecule has 9 rings (SSSR count). The summed E-state index contributed by atoms with van der Waals surface area (Å²) in [6, 6.07) is 26.6. The smallest absolute Gasteiger partial charge is 0.0737 e. The van der Waals surface area contributed by atoms with E-state index >= 15 is 0 Å². The first-order valence-corrected chi connectivity index (χ1v) is 19.8. The zero-order chi connectivity index (χ0) is 33.2. The van der Waals surface area contributed by atoms with Gasteiger partial charge in [0.05, 0.1) is 22.8 Å². The predicted octanol–water partition coefficient (Wildman–Crippen LogP) is 5.29. The highest BCUT2D eigenvalue weighted by atomic mass is 31.0. The molecule has 0 spiro atoms. The van der Waals surface area contributed by atoms with Crippen LogP contribution >= 0.6 is 73.9 Å². The van der Waals surface area contributed by atoms with Crippen molar-refractivity contribution in [1.82, 2.24) is 19.9 Å². The van der Waals surface area contributed by atoms with Crippen LogP contribution in [0.1, 0.15) is 0 Å².